The molecule has 1 saturated carbocycles. The van der Waals surface area contributed by atoms with Gasteiger partial charge in [-0.15, -0.1) is 0 Å². The van der Waals surface area contributed by atoms with Gasteiger partial charge in [-0.25, -0.2) is 0 Å². The van der Waals surface area contributed by atoms with E-state index in [0.29, 0.717) is 11.2 Å². The molecule has 12 heavy (non-hydrogen) atoms. The van der Waals surface area contributed by atoms with Gasteiger partial charge in [-0.3, -0.25) is 4.79 Å². The molecule has 1 fully saturated rings. The lowest BCUT2D eigenvalue weighted by Crippen LogP contribution is -2.15. The molecule has 0 aromatic heterocycles. The minimum absolute atomic E-state index is 0.169. The lowest BCUT2D eigenvalue weighted by molar-refractivity contribution is -0.121. The molecule has 1 rings (SSSR count). The number of hydrogen-bond acceptors (Lipinski definition) is 1. The number of rotatable bonds is 3. The van der Waals surface area contributed by atoms with E-state index < -0.39 is 0 Å². The highest BCUT2D eigenvalue weighted by atomic mass is 16.1. The SMILES string of the molecule is CC(C)(C)CC(=O)CC1(C)CC1. The summed E-state index contributed by atoms with van der Waals surface area (Å²) in [6.45, 7) is 8.59. The fourth-order valence-electron chi connectivity index (χ4n) is 1.52. The average Bonchev–Trinajstić information content (AvgIpc) is 2.40. The van der Waals surface area contributed by atoms with Crippen molar-refractivity contribution < 1.29 is 4.79 Å². The van der Waals surface area contributed by atoms with E-state index in [1.165, 1.54) is 12.8 Å². The second kappa shape index (κ2) is 2.86. The Kier molecular flexibility index (Phi) is 2.33. The number of carbonyl (C=O) groups is 1. The van der Waals surface area contributed by atoms with Crippen LogP contribution in [0.4, 0.5) is 0 Å². The van der Waals surface area contributed by atoms with Gasteiger partial charge in [-0.05, 0) is 23.7 Å². The molecule has 1 aliphatic carbocycles. The van der Waals surface area contributed by atoms with Crippen LogP contribution in [0, 0.1) is 10.8 Å². The molecule has 0 aliphatic heterocycles. The zero-order valence-corrected chi connectivity index (χ0v) is 8.74. The van der Waals surface area contributed by atoms with Crippen LogP contribution in [-0.4, -0.2) is 5.78 Å². The van der Waals surface area contributed by atoms with Crippen molar-refractivity contribution in [3.05, 3.63) is 0 Å². The smallest absolute Gasteiger partial charge is 0.133 e. The van der Waals surface area contributed by atoms with E-state index in [1.807, 2.05) is 0 Å². The molecule has 0 saturated heterocycles. The Morgan fingerprint density at radius 3 is 2.17 bits per heavy atom. The Bertz CT molecular complexity index is 172. The van der Waals surface area contributed by atoms with Gasteiger partial charge in [0.15, 0.2) is 0 Å². The van der Waals surface area contributed by atoms with Crippen molar-refractivity contribution in [2.75, 3.05) is 0 Å². The average molecular weight is 168 g/mol. The van der Waals surface area contributed by atoms with Crippen LogP contribution < -0.4 is 0 Å². The topological polar surface area (TPSA) is 17.1 Å². The van der Waals surface area contributed by atoms with Gasteiger partial charge in [-0.2, -0.15) is 0 Å². The Balaban J connectivity index is 2.30. The van der Waals surface area contributed by atoms with E-state index in [9.17, 15) is 4.79 Å². The summed E-state index contributed by atoms with van der Waals surface area (Å²) in [5, 5.41) is 0. The first-order chi connectivity index (χ1) is 5.31. The van der Waals surface area contributed by atoms with Gasteiger partial charge >= 0.3 is 0 Å². The molecular weight excluding hydrogens is 148 g/mol. The second-order valence-corrected chi connectivity index (χ2v) is 5.76. The molecule has 70 valence electrons. The highest BCUT2D eigenvalue weighted by Gasteiger charge is 2.39. The minimum Gasteiger partial charge on any atom is -0.300 e. The van der Waals surface area contributed by atoms with Gasteiger partial charge in [0.05, 0.1) is 0 Å². The predicted molar refractivity (Wildman–Crippen MR) is 51.0 cm³/mol. The predicted octanol–water partition coefficient (Wildman–Crippen LogP) is 3.18. The van der Waals surface area contributed by atoms with Crippen LogP contribution in [0.25, 0.3) is 0 Å². The van der Waals surface area contributed by atoms with E-state index in [2.05, 4.69) is 27.7 Å². The zero-order chi connectivity index (χ0) is 9.41. The molecule has 0 heterocycles. The summed E-state index contributed by atoms with van der Waals surface area (Å²) in [5.41, 5.74) is 0.560. The van der Waals surface area contributed by atoms with Gasteiger partial charge < -0.3 is 0 Å². The van der Waals surface area contributed by atoms with Crippen molar-refractivity contribution in [1.29, 1.82) is 0 Å². The highest BCUT2D eigenvalue weighted by molar-refractivity contribution is 5.80. The molecule has 1 nitrogen and oxygen atoms in total. The van der Waals surface area contributed by atoms with Crippen LogP contribution in [0.1, 0.15) is 53.4 Å². The Hall–Kier alpha value is -0.330. The lowest BCUT2D eigenvalue weighted by atomic mass is 9.87. The molecular formula is C11H20O. The van der Waals surface area contributed by atoms with Crippen molar-refractivity contribution in [2.45, 2.75) is 53.4 Å². The first kappa shape index (κ1) is 9.76. The maximum atomic E-state index is 11.5. The number of ketones is 1. The third-order valence-electron chi connectivity index (χ3n) is 2.45. The minimum atomic E-state index is 0.169. The summed E-state index contributed by atoms with van der Waals surface area (Å²) in [4.78, 5) is 11.5. The van der Waals surface area contributed by atoms with Crippen molar-refractivity contribution in [1.82, 2.24) is 0 Å². The molecule has 0 unspecified atom stereocenters. The van der Waals surface area contributed by atoms with Gasteiger partial charge in [0.25, 0.3) is 0 Å². The maximum Gasteiger partial charge on any atom is 0.133 e. The van der Waals surface area contributed by atoms with Crippen molar-refractivity contribution in [2.24, 2.45) is 10.8 Å². The molecule has 0 amide bonds. The van der Waals surface area contributed by atoms with Crippen LogP contribution in [0.15, 0.2) is 0 Å². The molecule has 0 aromatic carbocycles. The van der Waals surface area contributed by atoms with Crippen molar-refractivity contribution >= 4 is 5.78 Å². The van der Waals surface area contributed by atoms with Crippen LogP contribution in [0.5, 0.6) is 0 Å². The van der Waals surface area contributed by atoms with E-state index in [4.69, 9.17) is 0 Å². The summed E-state index contributed by atoms with van der Waals surface area (Å²) in [6, 6.07) is 0. The van der Waals surface area contributed by atoms with Gasteiger partial charge in [0, 0.05) is 12.8 Å². The van der Waals surface area contributed by atoms with E-state index >= 15 is 0 Å². The summed E-state index contributed by atoms with van der Waals surface area (Å²) < 4.78 is 0. The molecule has 0 bridgehead atoms. The molecule has 0 aromatic rings. The first-order valence-electron chi connectivity index (χ1n) is 4.83. The molecule has 0 N–H and O–H groups in total. The van der Waals surface area contributed by atoms with Crippen molar-refractivity contribution in [3.63, 3.8) is 0 Å². The van der Waals surface area contributed by atoms with Crippen LogP contribution in [0.2, 0.25) is 0 Å². The first-order valence-corrected chi connectivity index (χ1v) is 4.83. The molecule has 1 heteroatoms. The van der Waals surface area contributed by atoms with E-state index in [0.717, 1.165) is 12.8 Å². The normalized spacial score (nSPS) is 20.7. The third-order valence-corrected chi connectivity index (χ3v) is 2.45. The van der Waals surface area contributed by atoms with Crippen LogP contribution >= 0.6 is 0 Å². The Morgan fingerprint density at radius 1 is 1.33 bits per heavy atom. The summed E-state index contributed by atoms with van der Waals surface area (Å²) in [7, 11) is 0. The van der Waals surface area contributed by atoms with E-state index in [-0.39, 0.29) is 5.41 Å². The second-order valence-electron chi connectivity index (χ2n) is 5.76. The van der Waals surface area contributed by atoms with E-state index in [1.54, 1.807) is 0 Å². The fourth-order valence-corrected chi connectivity index (χ4v) is 1.52. The molecule has 0 atom stereocenters. The highest BCUT2D eigenvalue weighted by Crippen LogP contribution is 2.48. The van der Waals surface area contributed by atoms with Gasteiger partial charge in [0.2, 0.25) is 0 Å². The third kappa shape index (κ3) is 3.38. The molecule has 0 radical (unpaired) electrons. The monoisotopic (exact) mass is 168 g/mol. The fraction of sp³-hybridized carbons (Fsp3) is 0.909. The summed E-state index contributed by atoms with van der Waals surface area (Å²) in [5.74, 6) is 0.447. The quantitative estimate of drug-likeness (QED) is 0.632. The number of Topliss-reactive ketones (excluding diaryl/α,β-unsaturated/α-hetero) is 1. The van der Waals surface area contributed by atoms with Crippen LogP contribution in [0.3, 0.4) is 0 Å². The van der Waals surface area contributed by atoms with Gasteiger partial charge in [-0.1, -0.05) is 27.7 Å². The lowest BCUT2D eigenvalue weighted by Gasteiger charge is -2.17. The summed E-state index contributed by atoms with van der Waals surface area (Å²) in [6.07, 6.45) is 4.05. The molecule has 1 aliphatic rings. The number of carbonyl (C=O) groups excluding carboxylic acids is 1. The standard InChI is InChI=1S/C11H20O/c1-10(2,3)7-9(12)8-11(4)5-6-11/h5-8H2,1-4H3. The number of hydrogen-bond donors (Lipinski definition) is 0. The Morgan fingerprint density at radius 2 is 1.83 bits per heavy atom. The largest absolute Gasteiger partial charge is 0.300 e. The van der Waals surface area contributed by atoms with Crippen LogP contribution in [-0.2, 0) is 4.79 Å². The zero-order valence-electron chi connectivity index (χ0n) is 8.74. The van der Waals surface area contributed by atoms with Gasteiger partial charge in [0.1, 0.15) is 5.78 Å². The molecule has 0 spiro atoms. The maximum absolute atomic E-state index is 11.5. The summed E-state index contributed by atoms with van der Waals surface area (Å²) >= 11 is 0. The Labute approximate surface area is 75.5 Å². The van der Waals surface area contributed by atoms with Crippen molar-refractivity contribution in [3.8, 4) is 0 Å².